The molecule has 5 rings (SSSR count). The zero-order valence-electron chi connectivity index (χ0n) is 21.5. The third kappa shape index (κ3) is 8.00. The van der Waals surface area contributed by atoms with Gasteiger partial charge in [-0.1, -0.05) is 12.1 Å². The zero-order valence-corrected chi connectivity index (χ0v) is 21.5. The monoisotopic (exact) mass is 581 g/mol. The van der Waals surface area contributed by atoms with Crippen LogP contribution in [0.3, 0.4) is 0 Å². The lowest BCUT2D eigenvalue weighted by molar-refractivity contribution is -0.192. The van der Waals surface area contributed by atoms with Gasteiger partial charge in [-0.15, -0.1) is 0 Å². The lowest BCUT2D eigenvalue weighted by Gasteiger charge is -2.14. The van der Waals surface area contributed by atoms with Crippen LogP contribution in [0.5, 0.6) is 11.5 Å². The van der Waals surface area contributed by atoms with Gasteiger partial charge in [0.15, 0.2) is 11.5 Å². The van der Waals surface area contributed by atoms with Gasteiger partial charge in [-0.05, 0) is 23.8 Å². The highest BCUT2D eigenvalue weighted by molar-refractivity contribution is 5.73. The van der Waals surface area contributed by atoms with Crippen molar-refractivity contribution < 1.29 is 51.7 Å². The van der Waals surface area contributed by atoms with Crippen LogP contribution in [0.15, 0.2) is 45.7 Å². The Morgan fingerprint density at radius 2 is 1.85 bits per heavy atom. The fourth-order valence-corrected chi connectivity index (χ4v) is 4.18. The SMILES string of the molecule is O=C(O)C(F)(F)F.O=C(O)CC(Cc1cc(=O)n(CCc2ccc3c(n2)NCCOC3)o1)c1ccc2c(c1)OCO2. The lowest BCUT2D eigenvalue weighted by Crippen LogP contribution is -2.21. The average Bonchev–Trinajstić information content (AvgIpc) is 3.44. The number of halogens is 3. The molecule has 41 heavy (non-hydrogen) atoms. The number of carboxylic acid groups (broad SMARTS) is 2. The molecule has 0 spiro atoms. The van der Waals surface area contributed by atoms with Crippen molar-refractivity contribution in [3.05, 3.63) is 69.3 Å². The van der Waals surface area contributed by atoms with Crippen molar-refractivity contribution >= 4 is 17.8 Å². The first-order valence-electron chi connectivity index (χ1n) is 12.4. The summed E-state index contributed by atoms with van der Waals surface area (Å²) in [7, 11) is 0. The van der Waals surface area contributed by atoms with Crippen LogP contribution in [0.25, 0.3) is 0 Å². The number of pyridine rings is 1. The Bertz CT molecular complexity index is 1450. The van der Waals surface area contributed by atoms with E-state index in [2.05, 4.69) is 10.3 Å². The van der Waals surface area contributed by atoms with Gasteiger partial charge in [-0.25, -0.2) is 9.78 Å². The Kier molecular flexibility index (Phi) is 9.17. The van der Waals surface area contributed by atoms with E-state index in [1.54, 1.807) is 12.1 Å². The molecule has 0 aliphatic carbocycles. The first-order chi connectivity index (χ1) is 19.5. The number of rotatable bonds is 8. The number of alkyl halides is 3. The van der Waals surface area contributed by atoms with E-state index in [9.17, 15) is 27.9 Å². The predicted octanol–water partition coefficient (Wildman–Crippen LogP) is 3.18. The van der Waals surface area contributed by atoms with Crippen LogP contribution < -0.4 is 20.3 Å². The van der Waals surface area contributed by atoms with Gasteiger partial charge in [0.1, 0.15) is 11.6 Å². The van der Waals surface area contributed by atoms with Crippen molar-refractivity contribution in [2.75, 3.05) is 25.3 Å². The van der Waals surface area contributed by atoms with Crippen molar-refractivity contribution in [1.29, 1.82) is 0 Å². The van der Waals surface area contributed by atoms with Crippen LogP contribution in [0.1, 0.15) is 34.9 Å². The van der Waals surface area contributed by atoms with Gasteiger partial charge in [-0.2, -0.15) is 17.9 Å². The summed E-state index contributed by atoms with van der Waals surface area (Å²) in [5.41, 5.74) is 2.36. The fraction of sp³-hybridized carbons (Fsp3) is 0.385. The van der Waals surface area contributed by atoms with E-state index in [-0.39, 0.29) is 31.1 Å². The Labute approximate surface area is 230 Å². The summed E-state index contributed by atoms with van der Waals surface area (Å²) in [5.74, 6) is -1.62. The number of hydrogen-bond acceptors (Lipinski definition) is 9. The number of nitrogens with zero attached hydrogens (tertiary/aromatic N) is 2. The molecule has 4 heterocycles. The van der Waals surface area contributed by atoms with Crippen LogP contribution in [0.4, 0.5) is 19.0 Å². The number of ether oxygens (including phenoxy) is 3. The number of benzene rings is 1. The molecule has 2 aliphatic heterocycles. The molecule has 0 saturated carbocycles. The maximum Gasteiger partial charge on any atom is 0.490 e. The lowest BCUT2D eigenvalue weighted by atomic mass is 9.91. The summed E-state index contributed by atoms with van der Waals surface area (Å²) in [5, 5.41) is 19.8. The maximum absolute atomic E-state index is 12.5. The molecule has 0 fully saturated rings. The predicted molar refractivity (Wildman–Crippen MR) is 134 cm³/mol. The Morgan fingerprint density at radius 1 is 1.10 bits per heavy atom. The molecule has 0 amide bonds. The molecule has 12 nitrogen and oxygen atoms in total. The quantitative estimate of drug-likeness (QED) is 0.358. The van der Waals surface area contributed by atoms with Crippen molar-refractivity contribution in [1.82, 2.24) is 9.72 Å². The zero-order chi connectivity index (χ0) is 29.6. The van der Waals surface area contributed by atoms with Crippen molar-refractivity contribution in [3.63, 3.8) is 0 Å². The highest BCUT2D eigenvalue weighted by Gasteiger charge is 2.38. The molecule has 1 atom stereocenters. The van der Waals surface area contributed by atoms with Gasteiger partial charge in [0.05, 0.1) is 26.2 Å². The first kappa shape index (κ1) is 29.5. The maximum atomic E-state index is 12.5. The van der Waals surface area contributed by atoms with Crippen LogP contribution in [0, 0.1) is 0 Å². The smallest absolute Gasteiger partial charge is 0.481 e. The topological polar surface area (TPSA) is 162 Å². The molecule has 0 saturated heterocycles. The van der Waals surface area contributed by atoms with E-state index in [0.29, 0.717) is 50.0 Å². The number of nitrogens with one attached hydrogen (secondary N) is 1. The standard InChI is InChI=1S/C24H25N3O7.C2HF3O2/c28-22-12-19(9-17(11-23(29)30)15-2-4-20-21(10-15)33-14-32-20)34-27(22)7-5-18-3-1-16-13-31-8-6-25-24(16)26-18;3-2(4,5)1(6)7/h1-4,10,12,17H,5-9,11,13-14H2,(H,25,26)(H,29,30);(H,6,7). The number of anilines is 1. The second kappa shape index (κ2) is 12.8. The summed E-state index contributed by atoms with van der Waals surface area (Å²) >= 11 is 0. The average molecular weight is 582 g/mol. The molecule has 0 radical (unpaired) electrons. The van der Waals surface area contributed by atoms with Gasteiger partial charge >= 0.3 is 18.1 Å². The number of carbonyl (C=O) groups is 2. The van der Waals surface area contributed by atoms with Crippen LogP contribution >= 0.6 is 0 Å². The highest BCUT2D eigenvalue weighted by Crippen LogP contribution is 2.36. The summed E-state index contributed by atoms with van der Waals surface area (Å²) in [4.78, 5) is 37.5. The first-order valence-corrected chi connectivity index (χ1v) is 12.4. The van der Waals surface area contributed by atoms with E-state index < -0.39 is 18.1 Å². The molecular formula is C26H26F3N3O9. The minimum absolute atomic E-state index is 0.107. The van der Waals surface area contributed by atoms with Gasteiger partial charge in [0, 0.05) is 42.6 Å². The van der Waals surface area contributed by atoms with Crippen molar-refractivity contribution in [2.45, 2.75) is 44.5 Å². The number of aryl methyl sites for hydroxylation is 2. The number of aromatic nitrogens is 2. The summed E-state index contributed by atoms with van der Waals surface area (Å²) in [6, 6.07) is 10.7. The summed E-state index contributed by atoms with van der Waals surface area (Å²) in [6.07, 6.45) is -4.40. The molecule has 2 aliphatic rings. The third-order valence-electron chi connectivity index (χ3n) is 6.14. The van der Waals surface area contributed by atoms with E-state index in [1.807, 2.05) is 18.2 Å². The molecule has 1 unspecified atom stereocenters. The molecular weight excluding hydrogens is 555 g/mol. The number of aliphatic carboxylic acids is 2. The minimum Gasteiger partial charge on any atom is -0.481 e. The van der Waals surface area contributed by atoms with E-state index >= 15 is 0 Å². The molecule has 1 aromatic carbocycles. The van der Waals surface area contributed by atoms with Crippen LogP contribution in [0.2, 0.25) is 0 Å². The van der Waals surface area contributed by atoms with Gasteiger partial charge in [0.2, 0.25) is 6.79 Å². The fourth-order valence-electron chi connectivity index (χ4n) is 4.18. The third-order valence-corrected chi connectivity index (χ3v) is 6.14. The minimum atomic E-state index is -5.08. The second-order valence-corrected chi connectivity index (χ2v) is 9.10. The van der Waals surface area contributed by atoms with E-state index in [0.717, 1.165) is 22.6 Å². The molecule has 0 bridgehead atoms. The Balaban J connectivity index is 0.000000493. The van der Waals surface area contributed by atoms with Crippen molar-refractivity contribution in [3.8, 4) is 11.5 Å². The van der Waals surface area contributed by atoms with E-state index in [1.165, 1.54) is 10.8 Å². The van der Waals surface area contributed by atoms with Crippen LogP contribution in [-0.4, -0.2) is 58.0 Å². The second-order valence-electron chi connectivity index (χ2n) is 9.10. The molecule has 2 aromatic heterocycles. The van der Waals surface area contributed by atoms with Crippen molar-refractivity contribution in [2.24, 2.45) is 0 Å². The molecule has 3 N–H and O–H groups in total. The summed E-state index contributed by atoms with van der Waals surface area (Å²) in [6.45, 7) is 2.33. The Hall–Kier alpha value is -4.53. The van der Waals surface area contributed by atoms with Gasteiger partial charge in [-0.3, -0.25) is 9.59 Å². The highest BCUT2D eigenvalue weighted by atomic mass is 19.4. The number of hydrogen-bond donors (Lipinski definition) is 3. The van der Waals surface area contributed by atoms with Gasteiger partial charge < -0.3 is 34.3 Å². The molecule has 15 heteroatoms. The number of carboxylic acids is 2. The molecule has 3 aromatic rings. The number of fused-ring (bicyclic) bond motifs is 2. The summed E-state index contributed by atoms with van der Waals surface area (Å²) < 4.78 is 55.1. The van der Waals surface area contributed by atoms with Crippen LogP contribution in [-0.2, 0) is 40.3 Å². The molecule has 220 valence electrons. The Morgan fingerprint density at radius 3 is 2.59 bits per heavy atom. The van der Waals surface area contributed by atoms with Gasteiger partial charge in [0.25, 0.3) is 5.56 Å². The largest absolute Gasteiger partial charge is 0.490 e. The normalized spacial score (nSPS) is 14.6. The van der Waals surface area contributed by atoms with E-state index in [4.69, 9.17) is 28.6 Å².